The number of carbonyl (C=O) groups excluding carboxylic acids is 2. The SMILES string of the molecule is CC(O)(C(=O)Nc1ccc(C(F)C(=O)OCC(O)CO)cc1)C(F)(F)F. The number of hydrogen-bond donors (Lipinski definition) is 4. The Bertz CT molecular complexity index is 632. The quantitative estimate of drug-likeness (QED) is 0.410. The van der Waals surface area contributed by atoms with Crippen LogP contribution in [-0.2, 0) is 14.3 Å². The van der Waals surface area contributed by atoms with Crippen molar-refractivity contribution in [2.75, 3.05) is 18.5 Å². The summed E-state index contributed by atoms with van der Waals surface area (Å²) < 4.78 is 56.0. The Labute approximate surface area is 145 Å². The van der Waals surface area contributed by atoms with Crippen LogP contribution in [0.3, 0.4) is 0 Å². The minimum Gasteiger partial charge on any atom is -0.460 e. The average molecular weight is 383 g/mol. The van der Waals surface area contributed by atoms with E-state index in [1.54, 1.807) is 0 Å². The summed E-state index contributed by atoms with van der Waals surface area (Å²) in [5.74, 6) is -3.07. The van der Waals surface area contributed by atoms with Crippen LogP contribution < -0.4 is 5.32 Å². The van der Waals surface area contributed by atoms with Crippen molar-refractivity contribution >= 4 is 17.6 Å². The molecule has 1 amide bonds. The summed E-state index contributed by atoms with van der Waals surface area (Å²) >= 11 is 0. The smallest absolute Gasteiger partial charge is 0.426 e. The molecule has 4 N–H and O–H groups in total. The zero-order chi connectivity index (χ0) is 20.1. The Morgan fingerprint density at radius 1 is 1.23 bits per heavy atom. The zero-order valence-electron chi connectivity index (χ0n) is 13.5. The highest BCUT2D eigenvalue weighted by atomic mass is 19.4. The van der Waals surface area contributed by atoms with Crippen LogP contribution in [0.15, 0.2) is 24.3 Å². The van der Waals surface area contributed by atoms with E-state index in [0.717, 1.165) is 24.3 Å². The third kappa shape index (κ3) is 5.38. The summed E-state index contributed by atoms with van der Waals surface area (Å²) in [6.07, 6.45) is -8.79. The normalized spacial score (nSPS) is 16.3. The van der Waals surface area contributed by atoms with Crippen molar-refractivity contribution in [1.29, 1.82) is 0 Å². The number of aliphatic hydroxyl groups excluding tert-OH is 2. The van der Waals surface area contributed by atoms with Gasteiger partial charge in [-0.05, 0) is 24.6 Å². The van der Waals surface area contributed by atoms with Crippen molar-refractivity contribution < 1.29 is 47.2 Å². The lowest BCUT2D eigenvalue weighted by molar-refractivity contribution is -0.242. The predicted octanol–water partition coefficient (Wildman–Crippen LogP) is 0.845. The number of aliphatic hydroxyl groups is 3. The number of esters is 1. The number of halogens is 4. The Balaban J connectivity index is 2.74. The minimum atomic E-state index is -5.19. The molecule has 146 valence electrons. The van der Waals surface area contributed by atoms with Crippen LogP contribution in [0.1, 0.15) is 18.7 Å². The van der Waals surface area contributed by atoms with Crippen LogP contribution in [-0.4, -0.2) is 58.3 Å². The second-order valence-corrected chi connectivity index (χ2v) is 5.48. The van der Waals surface area contributed by atoms with Crippen LogP contribution >= 0.6 is 0 Å². The Morgan fingerprint density at radius 2 is 1.77 bits per heavy atom. The van der Waals surface area contributed by atoms with Crippen LogP contribution in [0.25, 0.3) is 0 Å². The summed E-state index contributed by atoms with van der Waals surface area (Å²) in [5, 5.41) is 28.6. The molecular formula is C15H17F4NO6. The van der Waals surface area contributed by atoms with Gasteiger partial charge >= 0.3 is 12.1 Å². The number of hydrogen-bond acceptors (Lipinski definition) is 6. The molecule has 1 rings (SSSR count). The fourth-order valence-corrected chi connectivity index (χ4v) is 1.56. The van der Waals surface area contributed by atoms with E-state index in [2.05, 4.69) is 4.74 Å². The number of anilines is 1. The molecule has 0 saturated carbocycles. The van der Waals surface area contributed by atoms with Gasteiger partial charge in [0.1, 0.15) is 12.7 Å². The first-order chi connectivity index (χ1) is 11.9. The van der Waals surface area contributed by atoms with Crippen molar-refractivity contribution in [3.63, 3.8) is 0 Å². The third-order valence-corrected chi connectivity index (χ3v) is 3.29. The lowest BCUT2D eigenvalue weighted by atomic mass is 10.1. The minimum absolute atomic E-state index is 0.167. The lowest BCUT2D eigenvalue weighted by Crippen LogP contribution is -2.52. The molecule has 0 aliphatic carbocycles. The molecule has 0 heterocycles. The van der Waals surface area contributed by atoms with Crippen LogP contribution in [0.4, 0.5) is 23.2 Å². The summed E-state index contributed by atoms with van der Waals surface area (Å²) in [4.78, 5) is 23.0. The number of benzene rings is 1. The summed E-state index contributed by atoms with van der Waals surface area (Å²) in [7, 11) is 0. The predicted molar refractivity (Wildman–Crippen MR) is 79.7 cm³/mol. The molecule has 1 aromatic rings. The number of alkyl halides is 4. The number of carbonyl (C=O) groups is 2. The highest BCUT2D eigenvalue weighted by Gasteiger charge is 2.55. The Hall–Kier alpha value is -2.24. The number of amides is 1. The number of nitrogens with one attached hydrogen (secondary N) is 1. The van der Waals surface area contributed by atoms with E-state index < -0.39 is 49.1 Å². The monoisotopic (exact) mass is 383 g/mol. The van der Waals surface area contributed by atoms with E-state index in [4.69, 9.17) is 10.2 Å². The van der Waals surface area contributed by atoms with Crippen molar-refractivity contribution in [2.45, 2.75) is 31.0 Å². The Morgan fingerprint density at radius 3 is 2.23 bits per heavy atom. The fourth-order valence-electron chi connectivity index (χ4n) is 1.56. The van der Waals surface area contributed by atoms with E-state index in [1.165, 1.54) is 0 Å². The van der Waals surface area contributed by atoms with E-state index in [0.29, 0.717) is 0 Å². The topological polar surface area (TPSA) is 116 Å². The van der Waals surface area contributed by atoms with E-state index in [9.17, 15) is 32.3 Å². The standard InChI is InChI=1S/C15H17F4NO6/c1-14(25,15(17,18)19)13(24)20-9-4-2-8(3-5-9)11(16)12(23)26-7-10(22)6-21/h2-5,10-11,21-22,25H,6-7H2,1H3,(H,20,24). The molecule has 0 fully saturated rings. The summed E-state index contributed by atoms with van der Waals surface area (Å²) in [6.45, 7) is -1.01. The second kappa shape index (κ2) is 8.43. The van der Waals surface area contributed by atoms with Crippen LogP contribution in [0.5, 0.6) is 0 Å². The number of ether oxygens (including phenoxy) is 1. The van der Waals surface area contributed by atoms with Gasteiger partial charge in [0, 0.05) is 5.69 Å². The molecule has 0 saturated heterocycles. The van der Waals surface area contributed by atoms with Crippen LogP contribution in [0.2, 0.25) is 0 Å². The molecule has 0 aliphatic heterocycles. The van der Waals surface area contributed by atoms with Gasteiger partial charge in [0.15, 0.2) is 0 Å². The number of rotatable bonds is 7. The molecule has 0 radical (unpaired) electrons. The molecular weight excluding hydrogens is 366 g/mol. The van der Waals surface area contributed by atoms with Crippen molar-refractivity contribution in [3.05, 3.63) is 29.8 Å². The van der Waals surface area contributed by atoms with Crippen molar-refractivity contribution in [3.8, 4) is 0 Å². The highest BCUT2D eigenvalue weighted by molar-refractivity contribution is 5.97. The molecule has 7 nitrogen and oxygen atoms in total. The van der Waals surface area contributed by atoms with Crippen molar-refractivity contribution in [1.82, 2.24) is 0 Å². The molecule has 1 aromatic carbocycles. The molecule has 3 unspecified atom stereocenters. The second-order valence-electron chi connectivity index (χ2n) is 5.48. The van der Waals surface area contributed by atoms with E-state index >= 15 is 0 Å². The maximum atomic E-state index is 13.9. The third-order valence-electron chi connectivity index (χ3n) is 3.29. The first kappa shape index (κ1) is 21.8. The molecule has 0 aliphatic rings. The van der Waals surface area contributed by atoms with E-state index in [1.807, 2.05) is 5.32 Å². The van der Waals surface area contributed by atoms with Gasteiger partial charge < -0.3 is 25.4 Å². The van der Waals surface area contributed by atoms with Crippen molar-refractivity contribution in [2.24, 2.45) is 0 Å². The molecule has 26 heavy (non-hydrogen) atoms. The first-order valence-electron chi connectivity index (χ1n) is 7.20. The summed E-state index contributed by atoms with van der Waals surface area (Å²) in [5.41, 5.74) is -4.00. The van der Waals surface area contributed by atoms with E-state index in [-0.39, 0.29) is 18.2 Å². The maximum absolute atomic E-state index is 13.9. The van der Waals surface area contributed by atoms with Gasteiger partial charge in [-0.25, -0.2) is 9.18 Å². The molecule has 11 heteroatoms. The lowest BCUT2D eigenvalue weighted by Gasteiger charge is -2.24. The molecule has 0 bridgehead atoms. The van der Waals surface area contributed by atoms with Crippen LogP contribution in [0, 0.1) is 0 Å². The highest BCUT2D eigenvalue weighted by Crippen LogP contribution is 2.31. The van der Waals surface area contributed by atoms with Gasteiger partial charge in [-0.2, -0.15) is 13.2 Å². The van der Waals surface area contributed by atoms with Gasteiger partial charge in [-0.1, -0.05) is 12.1 Å². The van der Waals surface area contributed by atoms with Gasteiger partial charge in [-0.3, -0.25) is 4.79 Å². The summed E-state index contributed by atoms with van der Waals surface area (Å²) in [6, 6.07) is 4.10. The zero-order valence-corrected chi connectivity index (χ0v) is 13.5. The van der Waals surface area contributed by atoms with Gasteiger partial charge in [0.2, 0.25) is 11.8 Å². The average Bonchev–Trinajstić information content (AvgIpc) is 2.58. The molecule has 0 spiro atoms. The fraction of sp³-hybridized carbons (Fsp3) is 0.467. The van der Waals surface area contributed by atoms with Gasteiger partial charge in [0.25, 0.3) is 5.91 Å². The molecule has 3 atom stereocenters. The first-order valence-corrected chi connectivity index (χ1v) is 7.20. The Kier molecular flexibility index (Phi) is 7.07. The largest absolute Gasteiger partial charge is 0.460 e. The molecule has 0 aromatic heterocycles. The van der Waals surface area contributed by atoms with Gasteiger partial charge in [0.05, 0.1) is 6.61 Å². The van der Waals surface area contributed by atoms with Gasteiger partial charge in [-0.15, -0.1) is 0 Å². The maximum Gasteiger partial charge on any atom is 0.426 e.